The first-order valence-corrected chi connectivity index (χ1v) is 11.0. The summed E-state index contributed by atoms with van der Waals surface area (Å²) in [5.74, 6) is 0.243. The van der Waals surface area contributed by atoms with E-state index in [2.05, 4.69) is 116 Å². The Kier molecular flexibility index (Phi) is 7.35. The molecule has 3 aromatic carbocycles. The smallest absolute Gasteiger partial charge is 0.0366 e. The minimum atomic E-state index is 0.243. The Morgan fingerprint density at radius 3 is 1.17 bits per heavy atom. The average molecular weight is 387 g/mol. The van der Waals surface area contributed by atoms with Crippen molar-refractivity contribution in [3.8, 4) is 0 Å². The summed E-state index contributed by atoms with van der Waals surface area (Å²) in [6.45, 7) is 13.0. The molecule has 0 aliphatic rings. The second kappa shape index (κ2) is 10.2. The summed E-state index contributed by atoms with van der Waals surface area (Å²) in [6, 6.07) is 29.1. The standard InChI is InChI=1S/C27H34N2/c1-5-28(6-2)25-18-14-23(15-19-25)27(22-12-10-9-11-13-22)24-16-20-26(21-17-24)29(7-3)8-4/h9-21,27H,5-8H2,1-4H3. The number of rotatable bonds is 9. The summed E-state index contributed by atoms with van der Waals surface area (Å²) in [5, 5.41) is 0. The van der Waals surface area contributed by atoms with Gasteiger partial charge in [0.1, 0.15) is 0 Å². The molecule has 0 fully saturated rings. The van der Waals surface area contributed by atoms with E-state index in [1.165, 1.54) is 28.1 Å². The molecule has 0 aromatic heterocycles. The molecule has 0 spiro atoms. The van der Waals surface area contributed by atoms with E-state index in [0.717, 1.165) is 26.2 Å². The summed E-state index contributed by atoms with van der Waals surface area (Å²) < 4.78 is 0. The van der Waals surface area contributed by atoms with Gasteiger partial charge >= 0.3 is 0 Å². The largest absolute Gasteiger partial charge is 0.372 e. The fourth-order valence-electron chi connectivity index (χ4n) is 4.16. The van der Waals surface area contributed by atoms with Crippen LogP contribution in [0.15, 0.2) is 78.9 Å². The molecule has 0 unspecified atom stereocenters. The highest BCUT2D eigenvalue weighted by Crippen LogP contribution is 2.34. The Morgan fingerprint density at radius 1 is 0.483 bits per heavy atom. The molecular formula is C27H34N2. The van der Waals surface area contributed by atoms with Crippen LogP contribution in [0.25, 0.3) is 0 Å². The lowest BCUT2D eigenvalue weighted by molar-refractivity contribution is 0.862. The van der Waals surface area contributed by atoms with Gasteiger partial charge in [0.15, 0.2) is 0 Å². The molecule has 0 aliphatic carbocycles. The lowest BCUT2D eigenvalue weighted by Crippen LogP contribution is -2.21. The Hall–Kier alpha value is -2.74. The molecule has 3 rings (SSSR count). The first-order chi connectivity index (χ1) is 14.2. The predicted octanol–water partition coefficient (Wildman–Crippen LogP) is 6.56. The molecular weight excluding hydrogens is 352 g/mol. The zero-order chi connectivity index (χ0) is 20.6. The molecule has 2 nitrogen and oxygen atoms in total. The molecule has 152 valence electrons. The summed E-state index contributed by atoms with van der Waals surface area (Å²) in [4.78, 5) is 4.78. The molecule has 0 atom stereocenters. The van der Waals surface area contributed by atoms with E-state index in [1.807, 2.05) is 0 Å². The summed E-state index contributed by atoms with van der Waals surface area (Å²) in [5.41, 5.74) is 6.59. The third kappa shape index (κ3) is 4.82. The molecule has 0 heterocycles. The minimum Gasteiger partial charge on any atom is -0.372 e. The van der Waals surface area contributed by atoms with Gasteiger partial charge in [0.25, 0.3) is 0 Å². The normalized spacial score (nSPS) is 10.9. The van der Waals surface area contributed by atoms with Crippen LogP contribution in [0.1, 0.15) is 50.3 Å². The maximum Gasteiger partial charge on any atom is 0.0366 e. The van der Waals surface area contributed by atoms with Crippen molar-refractivity contribution < 1.29 is 0 Å². The molecule has 3 aromatic rings. The molecule has 0 saturated heterocycles. The fourth-order valence-corrected chi connectivity index (χ4v) is 4.16. The quantitative estimate of drug-likeness (QED) is 0.384. The van der Waals surface area contributed by atoms with Crippen molar-refractivity contribution in [2.24, 2.45) is 0 Å². The lowest BCUT2D eigenvalue weighted by Gasteiger charge is -2.24. The molecule has 29 heavy (non-hydrogen) atoms. The topological polar surface area (TPSA) is 6.48 Å². The van der Waals surface area contributed by atoms with E-state index < -0.39 is 0 Å². The van der Waals surface area contributed by atoms with Gasteiger partial charge in [-0.05, 0) is 68.7 Å². The molecule has 0 N–H and O–H groups in total. The zero-order valence-electron chi connectivity index (χ0n) is 18.3. The molecule has 2 heteroatoms. The van der Waals surface area contributed by atoms with Crippen molar-refractivity contribution in [1.82, 2.24) is 0 Å². The van der Waals surface area contributed by atoms with Gasteiger partial charge < -0.3 is 9.80 Å². The van der Waals surface area contributed by atoms with Crippen LogP contribution in [0.4, 0.5) is 11.4 Å². The Bertz CT molecular complexity index is 790. The monoisotopic (exact) mass is 386 g/mol. The van der Waals surface area contributed by atoms with Crippen molar-refractivity contribution in [3.05, 3.63) is 95.6 Å². The highest BCUT2D eigenvalue weighted by Gasteiger charge is 2.17. The van der Waals surface area contributed by atoms with Crippen LogP contribution in [0.2, 0.25) is 0 Å². The van der Waals surface area contributed by atoms with Gasteiger partial charge in [-0.15, -0.1) is 0 Å². The second-order valence-electron chi connectivity index (χ2n) is 7.37. The first-order valence-electron chi connectivity index (χ1n) is 11.0. The summed E-state index contributed by atoms with van der Waals surface area (Å²) in [7, 11) is 0. The van der Waals surface area contributed by atoms with Crippen LogP contribution in [-0.2, 0) is 0 Å². The van der Waals surface area contributed by atoms with Gasteiger partial charge in [-0.25, -0.2) is 0 Å². The molecule has 0 aliphatic heterocycles. The number of anilines is 2. The molecule has 0 bridgehead atoms. The minimum absolute atomic E-state index is 0.243. The highest BCUT2D eigenvalue weighted by molar-refractivity contribution is 5.54. The van der Waals surface area contributed by atoms with E-state index in [4.69, 9.17) is 0 Å². The van der Waals surface area contributed by atoms with Crippen LogP contribution in [0.5, 0.6) is 0 Å². The maximum atomic E-state index is 2.39. The number of hydrogen-bond acceptors (Lipinski definition) is 2. The summed E-state index contributed by atoms with van der Waals surface area (Å²) >= 11 is 0. The van der Waals surface area contributed by atoms with Crippen LogP contribution in [0.3, 0.4) is 0 Å². The van der Waals surface area contributed by atoms with Crippen molar-refractivity contribution in [3.63, 3.8) is 0 Å². The van der Waals surface area contributed by atoms with Gasteiger partial charge in [-0.1, -0.05) is 54.6 Å². The van der Waals surface area contributed by atoms with Gasteiger partial charge in [-0.3, -0.25) is 0 Å². The van der Waals surface area contributed by atoms with Crippen LogP contribution >= 0.6 is 0 Å². The van der Waals surface area contributed by atoms with E-state index in [1.54, 1.807) is 0 Å². The maximum absolute atomic E-state index is 2.39. The van der Waals surface area contributed by atoms with Crippen LogP contribution < -0.4 is 9.80 Å². The van der Waals surface area contributed by atoms with E-state index in [-0.39, 0.29) is 5.92 Å². The van der Waals surface area contributed by atoms with E-state index in [0.29, 0.717) is 0 Å². The third-order valence-corrected chi connectivity index (χ3v) is 5.84. The Morgan fingerprint density at radius 2 is 0.828 bits per heavy atom. The van der Waals surface area contributed by atoms with Crippen molar-refractivity contribution in [2.75, 3.05) is 36.0 Å². The third-order valence-electron chi connectivity index (χ3n) is 5.84. The van der Waals surface area contributed by atoms with Crippen LogP contribution in [-0.4, -0.2) is 26.2 Å². The highest BCUT2D eigenvalue weighted by atomic mass is 15.1. The Labute approximate surface area is 176 Å². The van der Waals surface area contributed by atoms with Gasteiger partial charge in [-0.2, -0.15) is 0 Å². The lowest BCUT2D eigenvalue weighted by atomic mass is 9.85. The zero-order valence-corrected chi connectivity index (χ0v) is 18.3. The molecule has 0 saturated carbocycles. The van der Waals surface area contributed by atoms with Crippen molar-refractivity contribution in [1.29, 1.82) is 0 Å². The summed E-state index contributed by atoms with van der Waals surface area (Å²) in [6.07, 6.45) is 0. The predicted molar refractivity (Wildman–Crippen MR) is 127 cm³/mol. The SMILES string of the molecule is CCN(CC)c1ccc(C(c2ccccc2)c2ccc(N(CC)CC)cc2)cc1. The van der Waals surface area contributed by atoms with Crippen molar-refractivity contribution >= 4 is 11.4 Å². The molecule has 0 amide bonds. The first kappa shape index (κ1) is 21.0. The number of benzene rings is 3. The number of hydrogen-bond donors (Lipinski definition) is 0. The van der Waals surface area contributed by atoms with Gasteiger partial charge in [0.2, 0.25) is 0 Å². The number of nitrogens with zero attached hydrogens (tertiary/aromatic N) is 2. The van der Waals surface area contributed by atoms with Crippen molar-refractivity contribution in [2.45, 2.75) is 33.6 Å². The van der Waals surface area contributed by atoms with Gasteiger partial charge in [0.05, 0.1) is 0 Å². The fraction of sp³-hybridized carbons (Fsp3) is 0.333. The van der Waals surface area contributed by atoms with Crippen LogP contribution in [0, 0.1) is 0 Å². The average Bonchev–Trinajstić information content (AvgIpc) is 2.78. The van der Waals surface area contributed by atoms with Gasteiger partial charge in [0, 0.05) is 43.5 Å². The van der Waals surface area contributed by atoms with E-state index in [9.17, 15) is 0 Å². The Balaban J connectivity index is 1.98. The molecule has 0 radical (unpaired) electrons. The van der Waals surface area contributed by atoms with E-state index >= 15 is 0 Å². The second-order valence-corrected chi connectivity index (χ2v) is 7.37.